The molecule has 1 heterocycles. The van der Waals surface area contributed by atoms with E-state index in [4.69, 9.17) is 9.47 Å². The lowest BCUT2D eigenvalue weighted by molar-refractivity contribution is -0.149. The van der Waals surface area contributed by atoms with Gasteiger partial charge >= 0.3 is 5.97 Å². The maximum Gasteiger partial charge on any atom is 0.333 e. The Morgan fingerprint density at radius 2 is 2.03 bits per heavy atom. The number of nitrogens with zero attached hydrogens (tertiary/aromatic N) is 1. The summed E-state index contributed by atoms with van der Waals surface area (Å²) < 4.78 is 13.5. The summed E-state index contributed by atoms with van der Waals surface area (Å²) in [4.78, 5) is 11.2. The van der Waals surface area contributed by atoms with Gasteiger partial charge in [-0.25, -0.2) is 4.79 Å². The fourth-order valence-corrected chi connectivity index (χ4v) is 4.32. The van der Waals surface area contributed by atoms with Crippen molar-refractivity contribution in [3.8, 4) is 5.75 Å². The number of aliphatic carboxylic acids is 1. The van der Waals surface area contributed by atoms with E-state index in [1.165, 1.54) is 31.4 Å². The van der Waals surface area contributed by atoms with Crippen LogP contribution in [0.2, 0.25) is 0 Å². The maximum atomic E-state index is 11.2. The lowest BCUT2D eigenvalue weighted by atomic mass is 9.81. The summed E-state index contributed by atoms with van der Waals surface area (Å²) in [5.74, 6) is 1.36. The summed E-state index contributed by atoms with van der Waals surface area (Å²) in [6, 6.07) is 12.0. The SMILES string of the molecule is CCOC(Cc1ccc(OCCn2cccc2C2CCCC(C)C2)cc1)C(=O)O. The van der Waals surface area contributed by atoms with E-state index in [1.807, 2.05) is 24.3 Å². The van der Waals surface area contributed by atoms with Crippen molar-refractivity contribution in [1.82, 2.24) is 4.57 Å². The van der Waals surface area contributed by atoms with E-state index in [2.05, 4.69) is 29.8 Å². The molecule has 3 rings (SSSR count). The number of rotatable bonds is 10. The fraction of sp³-hybridized carbons (Fsp3) is 0.542. The van der Waals surface area contributed by atoms with Crippen molar-refractivity contribution in [1.29, 1.82) is 0 Å². The van der Waals surface area contributed by atoms with Gasteiger partial charge in [0.05, 0.1) is 6.54 Å². The first-order chi connectivity index (χ1) is 14.1. The second-order valence-corrected chi connectivity index (χ2v) is 8.07. The topological polar surface area (TPSA) is 60.7 Å². The molecule has 1 N–H and O–H groups in total. The van der Waals surface area contributed by atoms with Crippen LogP contribution < -0.4 is 4.74 Å². The Hall–Kier alpha value is -2.27. The number of benzene rings is 1. The molecule has 0 radical (unpaired) electrons. The van der Waals surface area contributed by atoms with Crippen LogP contribution in [0, 0.1) is 5.92 Å². The van der Waals surface area contributed by atoms with Crippen LogP contribution in [0.25, 0.3) is 0 Å². The zero-order valence-electron chi connectivity index (χ0n) is 17.5. The molecule has 1 aliphatic carbocycles. The molecule has 29 heavy (non-hydrogen) atoms. The lowest BCUT2D eigenvalue weighted by Crippen LogP contribution is -2.26. The second-order valence-electron chi connectivity index (χ2n) is 8.07. The Morgan fingerprint density at radius 3 is 2.72 bits per heavy atom. The summed E-state index contributed by atoms with van der Waals surface area (Å²) in [6.45, 7) is 6.00. The molecular weight excluding hydrogens is 366 g/mol. The Labute approximate surface area is 173 Å². The molecule has 0 aliphatic heterocycles. The molecule has 1 aromatic heterocycles. The fourth-order valence-electron chi connectivity index (χ4n) is 4.32. The number of aromatic nitrogens is 1. The molecule has 1 aromatic carbocycles. The maximum absolute atomic E-state index is 11.2. The van der Waals surface area contributed by atoms with Crippen LogP contribution in [0.1, 0.15) is 56.7 Å². The van der Waals surface area contributed by atoms with Crippen LogP contribution in [0.15, 0.2) is 42.6 Å². The standard InChI is InChI=1S/C24H33NO4/c1-3-28-23(24(26)27)17-19-9-11-21(12-10-19)29-15-14-25-13-5-8-22(25)20-7-4-6-18(2)16-20/h5,8-13,18,20,23H,3-4,6-7,14-17H2,1-2H3,(H,26,27). The predicted octanol–water partition coefficient (Wildman–Crippen LogP) is 4.89. The van der Waals surface area contributed by atoms with Crippen molar-refractivity contribution < 1.29 is 19.4 Å². The normalized spacial score (nSPS) is 20.3. The zero-order chi connectivity index (χ0) is 20.6. The van der Waals surface area contributed by atoms with E-state index in [0.717, 1.165) is 23.8 Å². The highest BCUT2D eigenvalue weighted by molar-refractivity contribution is 5.72. The average molecular weight is 400 g/mol. The van der Waals surface area contributed by atoms with Gasteiger partial charge < -0.3 is 19.1 Å². The van der Waals surface area contributed by atoms with Crippen LogP contribution >= 0.6 is 0 Å². The predicted molar refractivity (Wildman–Crippen MR) is 113 cm³/mol. The first-order valence-corrected chi connectivity index (χ1v) is 10.8. The summed E-state index contributed by atoms with van der Waals surface area (Å²) in [6.07, 6.45) is 6.96. The second kappa shape index (κ2) is 10.5. The molecule has 5 nitrogen and oxygen atoms in total. The van der Waals surface area contributed by atoms with Crippen molar-refractivity contribution in [3.63, 3.8) is 0 Å². The monoisotopic (exact) mass is 399 g/mol. The number of hydrogen-bond donors (Lipinski definition) is 1. The smallest absolute Gasteiger partial charge is 0.333 e. The Kier molecular flexibility index (Phi) is 7.76. The molecule has 3 unspecified atom stereocenters. The number of ether oxygens (including phenoxy) is 2. The van der Waals surface area contributed by atoms with Gasteiger partial charge in [0.2, 0.25) is 0 Å². The van der Waals surface area contributed by atoms with Crippen molar-refractivity contribution in [2.24, 2.45) is 5.92 Å². The summed E-state index contributed by atoms with van der Waals surface area (Å²) >= 11 is 0. The number of hydrogen-bond acceptors (Lipinski definition) is 3. The van der Waals surface area contributed by atoms with E-state index in [0.29, 0.717) is 25.6 Å². The van der Waals surface area contributed by atoms with Crippen LogP contribution in [0.3, 0.4) is 0 Å². The van der Waals surface area contributed by atoms with Crippen molar-refractivity contribution >= 4 is 5.97 Å². The molecule has 2 aromatic rings. The largest absolute Gasteiger partial charge is 0.492 e. The van der Waals surface area contributed by atoms with Gasteiger partial charge in [-0.15, -0.1) is 0 Å². The molecule has 0 amide bonds. The first kappa shape index (κ1) is 21.4. The minimum Gasteiger partial charge on any atom is -0.492 e. The Bertz CT molecular complexity index is 767. The third-order valence-electron chi connectivity index (χ3n) is 5.81. The minimum atomic E-state index is -0.929. The van der Waals surface area contributed by atoms with Gasteiger partial charge in [-0.1, -0.05) is 31.9 Å². The minimum absolute atomic E-state index is 0.357. The summed E-state index contributed by atoms with van der Waals surface area (Å²) in [7, 11) is 0. The molecule has 1 aliphatic rings. The van der Waals surface area contributed by atoms with Gasteiger partial charge in [0.25, 0.3) is 0 Å². The molecule has 3 atom stereocenters. The lowest BCUT2D eigenvalue weighted by Gasteiger charge is -2.28. The van der Waals surface area contributed by atoms with Crippen LogP contribution in [-0.4, -0.2) is 35.0 Å². The van der Waals surface area contributed by atoms with Gasteiger partial charge in [-0.3, -0.25) is 0 Å². The highest BCUT2D eigenvalue weighted by Gasteiger charge is 2.22. The molecule has 1 saturated carbocycles. The van der Waals surface area contributed by atoms with E-state index in [1.54, 1.807) is 6.92 Å². The van der Waals surface area contributed by atoms with E-state index in [-0.39, 0.29) is 0 Å². The Morgan fingerprint density at radius 1 is 1.24 bits per heavy atom. The molecule has 0 saturated heterocycles. The number of carboxylic acids is 1. The first-order valence-electron chi connectivity index (χ1n) is 10.8. The van der Waals surface area contributed by atoms with Crippen LogP contribution in [0.5, 0.6) is 5.75 Å². The molecule has 0 spiro atoms. The number of carboxylic acid groups (broad SMARTS) is 1. The van der Waals surface area contributed by atoms with Gasteiger partial charge in [-0.2, -0.15) is 0 Å². The number of carbonyl (C=O) groups is 1. The van der Waals surface area contributed by atoms with Crippen molar-refractivity contribution in [2.75, 3.05) is 13.2 Å². The van der Waals surface area contributed by atoms with E-state index in [9.17, 15) is 9.90 Å². The van der Waals surface area contributed by atoms with Gasteiger partial charge in [0.15, 0.2) is 6.10 Å². The molecule has 1 fully saturated rings. The van der Waals surface area contributed by atoms with Gasteiger partial charge in [0, 0.05) is 24.9 Å². The summed E-state index contributed by atoms with van der Waals surface area (Å²) in [5.41, 5.74) is 2.36. The highest BCUT2D eigenvalue weighted by Crippen LogP contribution is 2.36. The molecular formula is C24H33NO4. The highest BCUT2D eigenvalue weighted by atomic mass is 16.5. The van der Waals surface area contributed by atoms with Crippen LogP contribution in [-0.2, 0) is 22.5 Å². The van der Waals surface area contributed by atoms with Crippen LogP contribution in [0.4, 0.5) is 0 Å². The average Bonchev–Trinajstić information content (AvgIpc) is 3.17. The van der Waals surface area contributed by atoms with E-state index < -0.39 is 12.1 Å². The Balaban J connectivity index is 1.50. The summed E-state index contributed by atoms with van der Waals surface area (Å²) in [5, 5.41) is 9.21. The third-order valence-corrected chi connectivity index (χ3v) is 5.81. The van der Waals surface area contributed by atoms with Gasteiger partial charge in [-0.05, 0) is 61.4 Å². The van der Waals surface area contributed by atoms with E-state index >= 15 is 0 Å². The van der Waals surface area contributed by atoms with Crippen molar-refractivity contribution in [3.05, 3.63) is 53.9 Å². The van der Waals surface area contributed by atoms with Crippen molar-refractivity contribution in [2.45, 2.75) is 64.5 Å². The molecule has 0 bridgehead atoms. The van der Waals surface area contributed by atoms with Gasteiger partial charge in [0.1, 0.15) is 12.4 Å². The zero-order valence-corrected chi connectivity index (χ0v) is 17.5. The molecule has 5 heteroatoms. The molecule has 158 valence electrons. The quantitative estimate of drug-likeness (QED) is 0.618. The third kappa shape index (κ3) is 6.10.